The van der Waals surface area contributed by atoms with Crippen molar-refractivity contribution in [2.75, 3.05) is 4.90 Å². The molecule has 3 nitrogen and oxygen atoms in total. The van der Waals surface area contributed by atoms with Crippen LogP contribution in [0.4, 0.5) is 17.2 Å². The van der Waals surface area contributed by atoms with E-state index in [2.05, 4.69) is 132 Å². The molecule has 0 amide bonds. The van der Waals surface area contributed by atoms with Gasteiger partial charge >= 0.3 is 0 Å². The number of hydrogen-bond acceptors (Lipinski definition) is 3. The van der Waals surface area contributed by atoms with Crippen LogP contribution in [0.5, 0.6) is 0 Å². The van der Waals surface area contributed by atoms with Crippen molar-refractivity contribution < 1.29 is 4.42 Å². The third-order valence-electron chi connectivity index (χ3n) is 7.42. The minimum Gasteiger partial charge on any atom is -0.456 e. The Kier molecular flexibility index (Phi) is 4.52. The van der Waals surface area contributed by atoms with Crippen LogP contribution in [0, 0.1) is 0 Å². The first-order chi connectivity index (χ1) is 18.8. The van der Waals surface area contributed by atoms with Gasteiger partial charge in [0.05, 0.1) is 0 Å². The van der Waals surface area contributed by atoms with Gasteiger partial charge in [-0.05, 0) is 68.7 Å². The van der Waals surface area contributed by atoms with Gasteiger partial charge in [0.25, 0.3) is 0 Å². The number of pyridine rings is 1. The largest absolute Gasteiger partial charge is 0.456 e. The highest BCUT2D eigenvalue weighted by atomic mass is 16.3. The maximum absolute atomic E-state index is 6.40. The number of rotatable bonds is 3. The standard InChI is InChI=1S/C35H22N2O/c1-3-9-25-17-29(15-13-23(25)7-1)37(30-16-14-24-8-2-4-10-26(24)18-30)35-21-34-32(22-36-35)31-19-27-11-5-6-12-28(27)20-33(31)38-34/h1-22H. The van der Waals surface area contributed by atoms with Gasteiger partial charge in [-0.2, -0.15) is 0 Å². The molecular weight excluding hydrogens is 464 g/mol. The van der Waals surface area contributed by atoms with Crippen LogP contribution in [0.15, 0.2) is 138 Å². The molecule has 8 rings (SSSR count). The van der Waals surface area contributed by atoms with Crippen LogP contribution in [0.1, 0.15) is 0 Å². The van der Waals surface area contributed by atoms with Gasteiger partial charge in [0.15, 0.2) is 0 Å². The third kappa shape index (κ3) is 3.33. The molecule has 0 atom stereocenters. The highest BCUT2D eigenvalue weighted by molar-refractivity contribution is 6.10. The van der Waals surface area contributed by atoms with E-state index in [4.69, 9.17) is 9.40 Å². The number of hydrogen-bond donors (Lipinski definition) is 0. The molecule has 6 aromatic carbocycles. The fraction of sp³-hybridized carbons (Fsp3) is 0. The first kappa shape index (κ1) is 21.0. The molecule has 0 fully saturated rings. The van der Waals surface area contributed by atoms with Gasteiger partial charge < -0.3 is 4.42 Å². The molecule has 0 radical (unpaired) electrons. The molecule has 0 saturated carbocycles. The van der Waals surface area contributed by atoms with Gasteiger partial charge in [-0.1, -0.05) is 84.9 Å². The van der Waals surface area contributed by atoms with E-state index in [0.717, 1.165) is 39.1 Å². The second-order valence-corrected chi connectivity index (χ2v) is 9.73. The highest BCUT2D eigenvalue weighted by Gasteiger charge is 2.18. The molecule has 0 aliphatic heterocycles. The Morgan fingerprint density at radius 2 is 0.947 bits per heavy atom. The fourth-order valence-corrected chi connectivity index (χ4v) is 5.51. The molecule has 0 aliphatic rings. The van der Waals surface area contributed by atoms with E-state index < -0.39 is 0 Å². The normalized spacial score (nSPS) is 11.7. The maximum Gasteiger partial charge on any atom is 0.141 e. The lowest BCUT2D eigenvalue weighted by atomic mass is 10.1. The van der Waals surface area contributed by atoms with E-state index >= 15 is 0 Å². The van der Waals surface area contributed by atoms with E-state index in [1.165, 1.54) is 32.3 Å². The minimum atomic E-state index is 0.812. The SMILES string of the molecule is c1ccc2cc(N(c3ccc4ccccc4c3)c3cc4oc5cc6ccccc6cc5c4cn3)ccc2c1. The van der Waals surface area contributed by atoms with Gasteiger partial charge in [-0.3, -0.25) is 4.90 Å². The molecule has 8 aromatic rings. The lowest BCUT2D eigenvalue weighted by Crippen LogP contribution is -2.11. The monoisotopic (exact) mass is 486 g/mol. The van der Waals surface area contributed by atoms with Crippen molar-refractivity contribution in [2.24, 2.45) is 0 Å². The zero-order valence-corrected chi connectivity index (χ0v) is 20.5. The Morgan fingerprint density at radius 3 is 1.55 bits per heavy atom. The van der Waals surface area contributed by atoms with Gasteiger partial charge in [-0.25, -0.2) is 4.98 Å². The van der Waals surface area contributed by atoms with Gasteiger partial charge in [0.1, 0.15) is 17.0 Å². The average Bonchev–Trinajstić information content (AvgIpc) is 3.32. The smallest absolute Gasteiger partial charge is 0.141 e. The topological polar surface area (TPSA) is 29.3 Å². The van der Waals surface area contributed by atoms with Gasteiger partial charge in [0.2, 0.25) is 0 Å². The number of fused-ring (bicyclic) bond motifs is 6. The summed E-state index contributed by atoms with van der Waals surface area (Å²) in [6.45, 7) is 0. The predicted octanol–water partition coefficient (Wildman–Crippen LogP) is 9.91. The highest BCUT2D eigenvalue weighted by Crippen LogP contribution is 2.39. The van der Waals surface area contributed by atoms with Crippen molar-refractivity contribution in [2.45, 2.75) is 0 Å². The average molecular weight is 487 g/mol. The van der Waals surface area contributed by atoms with E-state index in [0.29, 0.717) is 0 Å². The summed E-state index contributed by atoms with van der Waals surface area (Å²) in [6.07, 6.45) is 1.94. The predicted molar refractivity (Wildman–Crippen MR) is 159 cm³/mol. The summed E-state index contributed by atoms with van der Waals surface area (Å²) in [5.41, 5.74) is 3.80. The Morgan fingerprint density at radius 1 is 0.447 bits per heavy atom. The maximum atomic E-state index is 6.40. The molecule has 2 aromatic heterocycles. The van der Waals surface area contributed by atoms with Crippen LogP contribution < -0.4 is 4.90 Å². The molecule has 38 heavy (non-hydrogen) atoms. The number of aromatic nitrogens is 1. The lowest BCUT2D eigenvalue weighted by molar-refractivity contribution is 0.669. The Balaban J connectivity index is 1.35. The molecule has 0 unspecified atom stereocenters. The van der Waals surface area contributed by atoms with Crippen LogP contribution in [0.3, 0.4) is 0 Å². The molecule has 0 spiro atoms. The van der Waals surface area contributed by atoms with E-state index in [-0.39, 0.29) is 0 Å². The van der Waals surface area contributed by atoms with Crippen LogP contribution in [-0.2, 0) is 0 Å². The van der Waals surface area contributed by atoms with Crippen LogP contribution >= 0.6 is 0 Å². The Hall–Kier alpha value is -5.15. The summed E-state index contributed by atoms with van der Waals surface area (Å²) in [6, 6.07) is 44.8. The van der Waals surface area contributed by atoms with Gasteiger partial charge in [0, 0.05) is 34.4 Å². The second-order valence-electron chi connectivity index (χ2n) is 9.73. The van der Waals surface area contributed by atoms with Crippen molar-refractivity contribution >= 4 is 71.4 Å². The van der Waals surface area contributed by atoms with E-state index in [1.54, 1.807) is 0 Å². The van der Waals surface area contributed by atoms with Crippen molar-refractivity contribution in [3.05, 3.63) is 134 Å². The van der Waals surface area contributed by atoms with Crippen LogP contribution in [-0.4, -0.2) is 4.98 Å². The summed E-state index contributed by atoms with van der Waals surface area (Å²) in [5.74, 6) is 0.812. The summed E-state index contributed by atoms with van der Waals surface area (Å²) in [5, 5.41) is 9.26. The number of furan rings is 1. The summed E-state index contributed by atoms with van der Waals surface area (Å²) < 4.78 is 6.40. The van der Waals surface area contributed by atoms with Crippen LogP contribution in [0.25, 0.3) is 54.3 Å². The zero-order valence-electron chi connectivity index (χ0n) is 20.5. The fourth-order valence-electron chi connectivity index (χ4n) is 5.51. The molecule has 3 heteroatoms. The molecule has 0 aliphatic carbocycles. The second kappa shape index (κ2) is 8.19. The molecular formula is C35H22N2O. The number of benzene rings is 6. The lowest BCUT2D eigenvalue weighted by Gasteiger charge is -2.25. The third-order valence-corrected chi connectivity index (χ3v) is 7.42. The van der Waals surface area contributed by atoms with Crippen LogP contribution in [0.2, 0.25) is 0 Å². The van der Waals surface area contributed by atoms with E-state index in [9.17, 15) is 0 Å². The molecule has 0 saturated heterocycles. The van der Waals surface area contributed by atoms with E-state index in [1.807, 2.05) is 6.20 Å². The quantitative estimate of drug-likeness (QED) is 0.249. The zero-order chi connectivity index (χ0) is 25.1. The first-order valence-corrected chi connectivity index (χ1v) is 12.8. The minimum absolute atomic E-state index is 0.812. The molecule has 0 N–H and O–H groups in total. The summed E-state index contributed by atoms with van der Waals surface area (Å²) >= 11 is 0. The van der Waals surface area contributed by atoms with Gasteiger partial charge in [-0.15, -0.1) is 0 Å². The van der Waals surface area contributed by atoms with Crippen molar-refractivity contribution in [3.8, 4) is 0 Å². The summed E-state index contributed by atoms with van der Waals surface area (Å²) in [4.78, 5) is 7.20. The summed E-state index contributed by atoms with van der Waals surface area (Å²) in [7, 11) is 0. The molecule has 178 valence electrons. The molecule has 2 heterocycles. The molecule has 0 bridgehead atoms. The van der Waals surface area contributed by atoms with Crippen molar-refractivity contribution in [3.63, 3.8) is 0 Å². The first-order valence-electron chi connectivity index (χ1n) is 12.8. The Labute approximate surface area is 219 Å². The number of nitrogens with zero attached hydrogens (tertiary/aromatic N) is 2. The Bertz CT molecular complexity index is 2080. The number of anilines is 3. The van der Waals surface area contributed by atoms with Crippen molar-refractivity contribution in [1.82, 2.24) is 4.98 Å². The van der Waals surface area contributed by atoms with Crippen molar-refractivity contribution in [1.29, 1.82) is 0 Å².